The highest BCUT2D eigenvalue weighted by Crippen LogP contribution is 2.36. The first-order chi connectivity index (χ1) is 20.5. The van der Waals surface area contributed by atoms with E-state index in [1.807, 2.05) is 27.7 Å². The molecule has 5 heterocycles. The Labute approximate surface area is 241 Å². The summed E-state index contributed by atoms with van der Waals surface area (Å²) in [5, 5.41) is 7.73. The van der Waals surface area contributed by atoms with Crippen LogP contribution in [0.5, 0.6) is 0 Å². The highest BCUT2D eigenvalue weighted by atomic mass is 19.1. The minimum Gasteiger partial charge on any atom is -0.383 e. The van der Waals surface area contributed by atoms with E-state index in [9.17, 15) is 9.18 Å². The molecule has 1 aliphatic carbocycles. The van der Waals surface area contributed by atoms with E-state index in [2.05, 4.69) is 40.2 Å². The Bertz CT molecular complexity index is 1820. The van der Waals surface area contributed by atoms with Crippen LogP contribution in [-0.4, -0.2) is 59.2 Å². The molecular weight excluding hydrogens is 533 g/mol. The smallest absolute Gasteiger partial charge is 0.245 e. The maximum atomic E-state index is 13.7. The first-order valence-corrected chi connectivity index (χ1v) is 14.1. The van der Waals surface area contributed by atoms with E-state index in [1.54, 1.807) is 12.3 Å². The fourth-order valence-corrected chi connectivity index (χ4v) is 6.13. The Balaban J connectivity index is 1.24. The summed E-state index contributed by atoms with van der Waals surface area (Å²) in [6.07, 6.45) is 8.38. The van der Waals surface area contributed by atoms with Crippen molar-refractivity contribution in [2.24, 2.45) is 0 Å². The number of rotatable bonds is 6. The molecule has 0 saturated carbocycles. The van der Waals surface area contributed by atoms with Gasteiger partial charge in [-0.05, 0) is 79.3 Å². The zero-order valence-corrected chi connectivity index (χ0v) is 22.9. The van der Waals surface area contributed by atoms with Gasteiger partial charge in [-0.15, -0.1) is 5.10 Å². The number of hydrogen-bond donors (Lipinski definition) is 2. The van der Waals surface area contributed by atoms with E-state index in [-0.39, 0.29) is 11.9 Å². The summed E-state index contributed by atoms with van der Waals surface area (Å²) in [5.74, 6) is 0.899. The lowest BCUT2D eigenvalue weighted by Crippen LogP contribution is -2.45. The van der Waals surface area contributed by atoms with Gasteiger partial charge >= 0.3 is 0 Å². The summed E-state index contributed by atoms with van der Waals surface area (Å²) >= 11 is 0. The van der Waals surface area contributed by atoms with E-state index in [1.165, 1.54) is 34.1 Å². The van der Waals surface area contributed by atoms with Gasteiger partial charge < -0.3 is 16.0 Å². The zero-order chi connectivity index (χ0) is 28.8. The van der Waals surface area contributed by atoms with Crippen molar-refractivity contribution in [3.05, 3.63) is 90.7 Å². The molecule has 1 fully saturated rings. The second-order valence-corrected chi connectivity index (χ2v) is 10.7. The van der Waals surface area contributed by atoms with Gasteiger partial charge in [0.15, 0.2) is 17.3 Å². The van der Waals surface area contributed by atoms with E-state index < -0.39 is 5.95 Å². The van der Waals surface area contributed by atoms with Gasteiger partial charge in [-0.1, -0.05) is 12.6 Å². The van der Waals surface area contributed by atoms with Crippen LogP contribution in [0.2, 0.25) is 0 Å². The number of aryl methyl sites for hydroxylation is 1. The van der Waals surface area contributed by atoms with Crippen LogP contribution >= 0.6 is 0 Å². The summed E-state index contributed by atoms with van der Waals surface area (Å²) < 4.78 is 17.1. The molecule has 11 heteroatoms. The lowest BCUT2D eigenvalue weighted by molar-refractivity contribution is -0.127. The number of anilines is 1. The fourth-order valence-electron chi connectivity index (χ4n) is 6.13. The number of carbonyl (C=O) groups is 1. The van der Waals surface area contributed by atoms with Crippen LogP contribution in [-0.2, 0) is 11.2 Å². The molecule has 1 aromatic carbocycles. The molecule has 5 aromatic rings. The second-order valence-electron chi connectivity index (χ2n) is 10.7. The van der Waals surface area contributed by atoms with Crippen molar-refractivity contribution in [1.82, 2.24) is 39.5 Å². The number of amides is 1. The SMILES string of the molecule is C=CC(=O)N1CCC(N[C@H]2CCc3cc(-n4c(-c5cccnc5N)nc5ccc(-n6ccc(F)n6)nc54)ccc32)CC1. The van der Waals surface area contributed by atoms with Crippen LogP contribution in [0.15, 0.2) is 73.6 Å². The number of likely N-dealkylation sites (tertiary alicyclic amines) is 1. The summed E-state index contributed by atoms with van der Waals surface area (Å²) in [6.45, 7) is 5.10. The van der Waals surface area contributed by atoms with Crippen LogP contribution in [0.25, 0.3) is 34.1 Å². The molecule has 3 N–H and O–H groups in total. The van der Waals surface area contributed by atoms with E-state index in [4.69, 9.17) is 15.7 Å². The number of halogens is 1. The normalized spacial score (nSPS) is 17.1. The number of pyridine rings is 2. The zero-order valence-electron chi connectivity index (χ0n) is 22.9. The van der Waals surface area contributed by atoms with Gasteiger partial charge in [0.1, 0.15) is 11.3 Å². The van der Waals surface area contributed by atoms with Crippen molar-refractivity contribution in [3.8, 4) is 22.9 Å². The maximum absolute atomic E-state index is 13.7. The number of hydrogen-bond acceptors (Lipinski definition) is 7. The third-order valence-electron chi connectivity index (χ3n) is 8.24. The number of nitrogens with one attached hydrogen (secondary N) is 1. The van der Waals surface area contributed by atoms with Gasteiger partial charge in [-0.3, -0.25) is 9.36 Å². The van der Waals surface area contributed by atoms with Crippen molar-refractivity contribution in [3.63, 3.8) is 0 Å². The minimum absolute atomic E-state index is 0.00465. The highest BCUT2D eigenvalue weighted by molar-refractivity contribution is 5.87. The Morgan fingerprint density at radius 1 is 1.10 bits per heavy atom. The van der Waals surface area contributed by atoms with Gasteiger partial charge in [-0.25, -0.2) is 19.6 Å². The summed E-state index contributed by atoms with van der Waals surface area (Å²) in [7, 11) is 0. The number of carbonyl (C=O) groups excluding carboxylic acids is 1. The van der Waals surface area contributed by atoms with Gasteiger partial charge in [0.05, 0.1) is 5.56 Å². The Hall–Kier alpha value is -4.90. The number of imidazole rings is 1. The van der Waals surface area contributed by atoms with Gasteiger partial charge in [0.25, 0.3) is 0 Å². The lowest BCUT2D eigenvalue weighted by Gasteiger charge is -2.33. The fraction of sp³-hybridized carbons (Fsp3) is 0.258. The van der Waals surface area contributed by atoms with Gasteiger partial charge in [0.2, 0.25) is 11.9 Å². The molecule has 42 heavy (non-hydrogen) atoms. The van der Waals surface area contributed by atoms with E-state index in [0.717, 1.165) is 44.5 Å². The number of nitrogens with zero attached hydrogens (tertiary/aromatic N) is 7. The molecule has 212 valence electrons. The molecule has 4 aromatic heterocycles. The summed E-state index contributed by atoms with van der Waals surface area (Å²) in [4.78, 5) is 27.9. The number of nitrogen functional groups attached to an aromatic ring is 1. The van der Waals surface area contributed by atoms with Crippen LogP contribution in [0.4, 0.5) is 10.2 Å². The standard InChI is InChI=1S/C31H30FN9O/c1-2-28(42)39-15-11-20(12-16-39)35-24-8-5-19-18-21(6-7-22(19)24)41-30(23-4-3-14-34-29(23)33)36-25-9-10-27(37-31(25)41)40-17-13-26(32)38-40/h2-4,6-7,9-10,13-14,17-18,20,24,35H,1,5,8,11-12,15-16H2,(H2,33,34)/t24-/m0/s1. The molecule has 7 rings (SSSR count). The Kier molecular flexibility index (Phi) is 6.50. The van der Waals surface area contributed by atoms with Crippen molar-refractivity contribution >= 4 is 22.9 Å². The third-order valence-corrected chi connectivity index (χ3v) is 8.24. The molecule has 10 nitrogen and oxygen atoms in total. The van der Waals surface area contributed by atoms with Crippen LogP contribution in [0.3, 0.4) is 0 Å². The summed E-state index contributed by atoms with van der Waals surface area (Å²) in [6, 6.07) is 15.7. The largest absolute Gasteiger partial charge is 0.383 e. The van der Waals surface area contributed by atoms with Gasteiger partial charge in [-0.2, -0.15) is 4.39 Å². The van der Waals surface area contributed by atoms with Crippen molar-refractivity contribution in [1.29, 1.82) is 0 Å². The molecule has 0 unspecified atom stereocenters. The quantitative estimate of drug-likeness (QED) is 0.298. The van der Waals surface area contributed by atoms with Crippen molar-refractivity contribution in [2.75, 3.05) is 18.8 Å². The first-order valence-electron chi connectivity index (χ1n) is 14.1. The predicted molar refractivity (Wildman–Crippen MR) is 158 cm³/mol. The molecule has 1 saturated heterocycles. The number of aromatic nitrogens is 6. The monoisotopic (exact) mass is 563 g/mol. The van der Waals surface area contributed by atoms with Crippen LogP contribution in [0, 0.1) is 5.95 Å². The van der Waals surface area contributed by atoms with E-state index >= 15 is 0 Å². The van der Waals surface area contributed by atoms with Crippen LogP contribution in [0.1, 0.15) is 36.4 Å². The number of fused-ring (bicyclic) bond motifs is 2. The molecule has 0 radical (unpaired) electrons. The predicted octanol–water partition coefficient (Wildman–Crippen LogP) is 4.14. The lowest BCUT2D eigenvalue weighted by atomic mass is 10.0. The average molecular weight is 564 g/mol. The first kappa shape index (κ1) is 26.0. The molecule has 1 atom stereocenters. The topological polar surface area (TPSA) is 120 Å². The molecule has 1 amide bonds. The molecule has 2 aliphatic rings. The molecule has 0 spiro atoms. The average Bonchev–Trinajstić information content (AvgIpc) is 3.73. The highest BCUT2D eigenvalue weighted by Gasteiger charge is 2.29. The number of benzene rings is 1. The number of piperidine rings is 1. The molecule has 0 bridgehead atoms. The van der Waals surface area contributed by atoms with Gasteiger partial charge in [0, 0.05) is 49.3 Å². The second kappa shape index (κ2) is 10.5. The molecule has 1 aliphatic heterocycles. The molecular formula is C31H30FN9O. The van der Waals surface area contributed by atoms with Crippen LogP contribution < -0.4 is 11.1 Å². The minimum atomic E-state index is -0.577. The maximum Gasteiger partial charge on any atom is 0.245 e. The Morgan fingerprint density at radius 3 is 2.71 bits per heavy atom. The van der Waals surface area contributed by atoms with E-state index in [0.29, 0.717) is 40.2 Å². The van der Waals surface area contributed by atoms with Crippen molar-refractivity contribution < 1.29 is 9.18 Å². The Morgan fingerprint density at radius 2 is 1.95 bits per heavy atom. The summed E-state index contributed by atoms with van der Waals surface area (Å²) in [5.41, 5.74) is 11.7. The third kappa shape index (κ3) is 4.61. The van der Waals surface area contributed by atoms with Crippen molar-refractivity contribution in [2.45, 2.75) is 37.8 Å². The number of nitrogens with two attached hydrogens (primary N) is 1.